The van der Waals surface area contributed by atoms with E-state index in [1.165, 1.54) is 18.2 Å². The van der Waals surface area contributed by atoms with Crippen LogP contribution in [0.3, 0.4) is 0 Å². The molecule has 1 rings (SSSR count). The fourth-order valence-electron chi connectivity index (χ4n) is 1.41. The molecular weight excluding hydrogens is 276 g/mol. The zero-order valence-electron chi connectivity index (χ0n) is 9.59. The molecular formula is C11H11ClN2O5. The van der Waals surface area contributed by atoms with Crippen molar-refractivity contribution in [1.82, 2.24) is 0 Å². The second-order valence-corrected chi connectivity index (χ2v) is 4.12. The van der Waals surface area contributed by atoms with Crippen LogP contribution >= 0.6 is 11.6 Å². The van der Waals surface area contributed by atoms with Gasteiger partial charge in [-0.05, 0) is 18.2 Å². The molecule has 0 bridgehead atoms. The minimum atomic E-state index is -1.38. The monoisotopic (exact) mass is 286 g/mol. The highest BCUT2D eigenvalue weighted by Crippen LogP contribution is 2.21. The Morgan fingerprint density at radius 2 is 1.95 bits per heavy atom. The van der Waals surface area contributed by atoms with E-state index in [2.05, 4.69) is 5.32 Å². The Morgan fingerprint density at radius 3 is 2.42 bits per heavy atom. The van der Waals surface area contributed by atoms with Crippen LogP contribution in [0.1, 0.15) is 16.8 Å². The van der Waals surface area contributed by atoms with Crippen LogP contribution in [-0.2, 0) is 9.59 Å². The summed E-state index contributed by atoms with van der Waals surface area (Å²) in [6.45, 7) is 0. The summed E-state index contributed by atoms with van der Waals surface area (Å²) in [5.74, 6) is -3.44. The Hall–Kier alpha value is -2.28. The van der Waals surface area contributed by atoms with E-state index >= 15 is 0 Å². The summed E-state index contributed by atoms with van der Waals surface area (Å²) >= 11 is 5.70. The summed E-state index contributed by atoms with van der Waals surface area (Å²) in [7, 11) is 0. The average Bonchev–Trinajstić information content (AvgIpc) is 2.29. The molecule has 0 aliphatic rings. The summed E-state index contributed by atoms with van der Waals surface area (Å²) in [6.07, 6.45) is -0.643. The number of halogens is 1. The maximum atomic E-state index is 11.2. The smallest absolute Gasteiger partial charge is 0.326 e. The third-order valence-corrected chi connectivity index (χ3v) is 2.49. The predicted molar refractivity (Wildman–Crippen MR) is 67.3 cm³/mol. The molecule has 5 N–H and O–H groups in total. The van der Waals surface area contributed by atoms with Gasteiger partial charge in [-0.25, -0.2) is 4.79 Å². The maximum absolute atomic E-state index is 11.2. The van der Waals surface area contributed by atoms with E-state index in [4.69, 9.17) is 27.5 Å². The highest BCUT2D eigenvalue weighted by Gasteiger charge is 2.22. The quantitative estimate of drug-likeness (QED) is 0.611. The third-order valence-electron chi connectivity index (χ3n) is 2.25. The molecule has 0 spiro atoms. The van der Waals surface area contributed by atoms with Crippen LogP contribution in [0.25, 0.3) is 0 Å². The van der Waals surface area contributed by atoms with Crippen LogP contribution in [0.15, 0.2) is 18.2 Å². The molecule has 0 aliphatic carbocycles. The normalized spacial score (nSPS) is 11.6. The van der Waals surface area contributed by atoms with E-state index in [-0.39, 0.29) is 16.3 Å². The number of amides is 1. The number of primary amides is 1. The fourth-order valence-corrected chi connectivity index (χ4v) is 1.58. The molecule has 102 valence electrons. The minimum absolute atomic E-state index is 0.0101. The summed E-state index contributed by atoms with van der Waals surface area (Å²) < 4.78 is 0. The van der Waals surface area contributed by atoms with Crippen molar-refractivity contribution in [2.75, 3.05) is 5.32 Å². The highest BCUT2D eigenvalue weighted by molar-refractivity contribution is 6.31. The second kappa shape index (κ2) is 6.05. The van der Waals surface area contributed by atoms with Gasteiger partial charge in [0.05, 0.1) is 12.0 Å². The molecule has 19 heavy (non-hydrogen) atoms. The molecule has 7 nitrogen and oxygen atoms in total. The molecule has 0 aliphatic heterocycles. The lowest BCUT2D eigenvalue weighted by atomic mass is 10.1. The highest BCUT2D eigenvalue weighted by atomic mass is 35.5. The summed E-state index contributed by atoms with van der Waals surface area (Å²) in [6, 6.07) is 2.68. The number of hydrogen-bond donors (Lipinski definition) is 4. The SMILES string of the molecule is NC(=O)c1cc(Cl)ccc1NC(CC(=O)O)C(=O)O. The lowest BCUT2D eigenvalue weighted by Gasteiger charge is -2.16. The van der Waals surface area contributed by atoms with Crippen LogP contribution in [0, 0.1) is 0 Å². The standard InChI is InChI=1S/C11H11ClN2O5/c12-5-1-2-7(6(3-5)10(13)17)14-8(11(18)19)4-9(15)16/h1-3,8,14H,4H2,(H2,13,17)(H,15,16)(H,18,19). The topological polar surface area (TPSA) is 130 Å². The van der Waals surface area contributed by atoms with Crippen LogP contribution in [0.4, 0.5) is 5.69 Å². The lowest BCUT2D eigenvalue weighted by molar-refractivity contribution is -0.144. The molecule has 1 atom stereocenters. The molecule has 8 heteroatoms. The number of nitrogens with one attached hydrogen (secondary N) is 1. The zero-order chi connectivity index (χ0) is 14.6. The zero-order valence-corrected chi connectivity index (χ0v) is 10.3. The number of carbonyl (C=O) groups excluding carboxylic acids is 1. The van der Waals surface area contributed by atoms with Gasteiger partial charge in [-0.15, -0.1) is 0 Å². The summed E-state index contributed by atoms with van der Waals surface area (Å²) in [4.78, 5) is 32.7. The van der Waals surface area contributed by atoms with E-state index in [1.807, 2.05) is 0 Å². The summed E-state index contributed by atoms with van der Waals surface area (Å²) in [5, 5.41) is 20.2. The number of aliphatic carboxylic acids is 2. The van der Waals surface area contributed by atoms with E-state index in [0.717, 1.165) is 0 Å². The fraction of sp³-hybridized carbons (Fsp3) is 0.182. The number of carboxylic acid groups (broad SMARTS) is 2. The van der Waals surface area contributed by atoms with Crippen LogP contribution in [-0.4, -0.2) is 34.1 Å². The molecule has 0 aromatic heterocycles. The van der Waals surface area contributed by atoms with Gasteiger partial charge in [0, 0.05) is 10.7 Å². The van der Waals surface area contributed by atoms with Gasteiger partial charge in [0.1, 0.15) is 6.04 Å². The first-order valence-electron chi connectivity index (χ1n) is 5.11. The summed E-state index contributed by atoms with van der Waals surface area (Å²) in [5.41, 5.74) is 5.24. The number of hydrogen-bond acceptors (Lipinski definition) is 4. The molecule has 0 saturated heterocycles. The first-order chi connectivity index (χ1) is 8.81. The number of carbonyl (C=O) groups is 3. The third kappa shape index (κ3) is 4.14. The Morgan fingerprint density at radius 1 is 1.32 bits per heavy atom. The molecule has 0 radical (unpaired) electrons. The first-order valence-corrected chi connectivity index (χ1v) is 5.49. The average molecular weight is 287 g/mol. The van der Waals surface area contributed by atoms with E-state index in [0.29, 0.717) is 0 Å². The van der Waals surface area contributed by atoms with Crippen molar-refractivity contribution >= 4 is 35.1 Å². The van der Waals surface area contributed by atoms with Crippen molar-refractivity contribution in [1.29, 1.82) is 0 Å². The van der Waals surface area contributed by atoms with E-state index in [1.54, 1.807) is 0 Å². The van der Waals surface area contributed by atoms with Gasteiger partial charge >= 0.3 is 11.9 Å². The Bertz CT molecular complexity index is 532. The number of rotatable bonds is 6. The van der Waals surface area contributed by atoms with Gasteiger partial charge in [0.15, 0.2) is 0 Å². The molecule has 0 fully saturated rings. The van der Waals surface area contributed by atoms with Gasteiger partial charge in [-0.1, -0.05) is 11.6 Å². The minimum Gasteiger partial charge on any atom is -0.481 e. The van der Waals surface area contributed by atoms with E-state index < -0.39 is 30.3 Å². The number of benzene rings is 1. The van der Waals surface area contributed by atoms with Crippen molar-refractivity contribution in [3.8, 4) is 0 Å². The molecule has 1 aromatic carbocycles. The van der Waals surface area contributed by atoms with Gasteiger partial charge in [0.2, 0.25) is 0 Å². The largest absolute Gasteiger partial charge is 0.481 e. The molecule has 0 saturated carbocycles. The number of carboxylic acids is 2. The number of nitrogens with two attached hydrogens (primary N) is 1. The van der Waals surface area contributed by atoms with Gasteiger partial charge < -0.3 is 21.3 Å². The van der Waals surface area contributed by atoms with Crippen molar-refractivity contribution in [3.05, 3.63) is 28.8 Å². The van der Waals surface area contributed by atoms with Crippen molar-refractivity contribution in [2.24, 2.45) is 5.73 Å². The van der Waals surface area contributed by atoms with Crippen molar-refractivity contribution in [3.63, 3.8) is 0 Å². The Kier molecular flexibility index (Phi) is 4.71. The Labute approximate surface area is 113 Å². The molecule has 1 amide bonds. The van der Waals surface area contributed by atoms with Crippen LogP contribution in [0.2, 0.25) is 5.02 Å². The number of anilines is 1. The predicted octanol–water partition coefficient (Wildman–Crippen LogP) is 0.779. The molecule has 1 aromatic rings. The van der Waals surface area contributed by atoms with Gasteiger partial charge in [0.25, 0.3) is 5.91 Å². The first kappa shape index (κ1) is 14.8. The van der Waals surface area contributed by atoms with Crippen molar-refractivity contribution in [2.45, 2.75) is 12.5 Å². The van der Waals surface area contributed by atoms with Crippen LogP contribution in [0.5, 0.6) is 0 Å². The van der Waals surface area contributed by atoms with Gasteiger partial charge in [-0.2, -0.15) is 0 Å². The Balaban J connectivity index is 3.05. The molecule has 0 heterocycles. The second-order valence-electron chi connectivity index (χ2n) is 3.69. The van der Waals surface area contributed by atoms with Crippen LogP contribution < -0.4 is 11.1 Å². The maximum Gasteiger partial charge on any atom is 0.326 e. The van der Waals surface area contributed by atoms with Crippen molar-refractivity contribution < 1.29 is 24.6 Å². The van der Waals surface area contributed by atoms with Gasteiger partial charge in [-0.3, -0.25) is 9.59 Å². The lowest BCUT2D eigenvalue weighted by Crippen LogP contribution is -2.32. The molecule has 1 unspecified atom stereocenters. The van der Waals surface area contributed by atoms with E-state index in [9.17, 15) is 14.4 Å².